The zero-order chi connectivity index (χ0) is 46.6. The molecule has 22 heteroatoms. The van der Waals surface area contributed by atoms with E-state index >= 15 is 0 Å². The molecule has 2 fully saturated rings. The molecule has 4 unspecified atom stereocenters. The summed E-state index contributed by atoms with van der Waals surface area (Å²) in [7, 11) is -9.92. The molecule has 4 atom stereocenters. The summed E-state index contributed by atoms with van der Waals surface area (Å²) in [6.45, 7) is 0.700. The first kappa shape index (κ1) is 45.3. The zero-order valence-electron chi connectivity index (χ0n) is 34.8. The van der Waals surface area contributed by atoms with Gasteiger partial charge < -0.3 is 0 Å². The van der Waals surface area contributed by atoms with Gasteiger partial charge in [0.25, 0.3) is 10.1 Å². The molecule has 2 saturated heterocycles. The highest BCUT2D eigenvalue weighted by Crippen LogP contribution is 2.60. The van der Waals surface area contributed by atoms with Gasteiger partial charge in [0, 0.05) is 41.3 Å². The van der Waals surface area contributed by atoms with Gasteiger partial charge >= 0.3 is 20.2 Å². The number of pyridine rings is 2. The minimum Gasteiger partial charge on any atom is -0.282 e. The van der Waals surface area contributed by atoms with E-state index in [1.54, 1.807) is 12.1 Å². The van der Waals surface area contributed by atoms with Crippen molar-refractivity contribution in [2.45, 2.75) is 43.2 Å². The molecule has 4 N–H and O–H groups in total. The highest BCUT2D eigenvalue weighted by atomic mass is 32.2. The molecule has 10 rings (SSSR count). The first-order valence-corrected chi connectivity index (χ1v) is 27.1. The van der Waals surface area contributed by atoms with E-state index in [-0.39, 0.29) is 33.2 Å². The molecule has 0 bridgehead atoms. The molecule has 4 aliphatic heterocycles. The van der Waals surface area contributed by atoms with Crippen LogP contribution in [-0.2, 0) is 53.8 Å². The standard InChI is InChI=1S/C44H36N4O12S6/c1-45-17-13-28(21-30(45)23-40-47(19-15-42(47)65(53,54)55)36-25-32(63-60-59-49)9-11-38(36)61-40)34-7-3-5-27-6-4-8-35(44(27)34)29-14-18-46(2)31(22-29)24-41-48(20-16-43(48)66(56,57)58)37-26-33(64(50,51)52)10-12-39(37)62-41/h3-14,17-18,21-26,42-43H,15-16,19-20H2,1-2H3/p+4. The van der Waals surface area contributed by atoms with Gasteiger partial charge in [0.05, 0.1) is 64.8 Å². The summed E-state index contributed by atoms with van der Waals surface area (Å²) in [6, 6.07) is 29.6. The van der Waals surface area contributed by atoms with Crippen LogP contribution in [-0.4, -0.2) is 68.0 Å². The van der Waals surface area contributed by atoms with Crippen molar-refractivity contribution in [2.75, 3.05) is 13.1 Å². The topological polar surface area (TPSA) is 210 Å². The molecule has 0 saturated carbocycles. The van der Waals surface area contributed by atoms with Crippen LogP contribution >= 0.6 is 35.6 Å². The molecule has 0 radical (unpaired) electrons. The Labute approximate surface area is 392 Å². The SMILES string of the molecule is C[n+]1ccc(-c2cccc3cccc(-c4cc[n+](C)c(C=C5Sc6ccc(S(=O)(=O)O)cc6[N+]56CCC6S(=O)(=O)O)c4)c23)cc1C=C1Sc2ccc(SOOO)cc2[N+]12CCC2S(=O)(=O)O. The van der Waals surface area contributed by atoms with Crippen LogP contribution in [0.3, 0.4) is 0 Å². The van der Waals surface area contributed by atoms with Gasteiger partial charge in [-0.25, -0.2) is 23.4 Å². The number of nitrogens with zero attached hydrogens (tertiary/aromatic N) is 4. The Balaban J connectivity index is 1.07. The van der Waals surface area contributed by atoms with E-state index in [1.807, 2.05) is 115 Å². The van der Waals surface area contributed by atoms with Crippen LogP contribution < -0.4 is 18.1 Å². The number of fused-ring (bicyclic) bond motifs is 5. The minimum absolute atomic E-state index is 0.105. The van der Waals surface area contributed by atoms with E-state index in [4.69, 9.17) is 5.26 Å². The van der Waals surface area contributed by atoms with Crippen molar-refractivity contribution < 1.29 is 62.7 Å². The molecule has 6 aromatic rings. The van der Waals surface area contributed by atoms with Crippen LogP contribution in [0, 0.1) is 0 Å². The number of thioether (sulfide) groups is 2. The lowest BCUT2D eigenvalue weighted by molar-refractivity contribution is -0.673. The summed E-state index contributed by atoms with van der Waals surface area (Å²) in [4.78, 5) is 1.61. The molecule has 4 aromatic carbocycles. The third kappa shape index (κ3) is 7.43. The first-order valence-electron chi connectivity index (χ1n) is 20.2. The van der Waals surface area contributed by atoms with Crippen LogP contribution in [0.2, 0.25) is 0 Å². The number of rotatable bonds is 10. The predicted molar refractivity (Wildman–Crippen MR) is 251 cm³/mol. The van der Waals surface area contributed by atoms with Crippen LogP contribution in [0.25, 0.3) is 45.2 Å². The highest BCUT2D eigenvalue weighted by Gasteiger charge is 2.63. The minimum atomic E-state index is -4.61. The molecular weight excluding hydrogens is 969 g/mol. The number of quaternary nitrogens is 2. The van der Waals surface area contributed by atoms with Gasteiger partial charge in [0.15, 0.2) is 33.8 Å². The van der Waals surface area contributed by atoms with E-state index in [2.05, 4.69) is 9.37 Å². The summed E-state index contributed by atoms with van der Waals surface area (Å²) in [5.74, 6) is 0. The molecule has 2 spiro atoms. The summed E-state index contributed by atoms with van der Waals surface area (Å²) in [6.07, 6.45) is 8.05. The van der Waals surface area contributed by atoms with Gasteiger partial charge in [-0.1, -0.05) is 41.4 Å². The largest absolute Gasteiger partial charge is 0.320 e. The number of aromatic nitrogens is 2. The van der Waals surface area contributed by atoms with E-state index in [1.165, 1.54) is 41.7 Å². The van der Waals surface area contributed by atoms with Crippen molar-refractivity contribution in [1.29, 1.82) is 0 Å². The number of hydrogen-bond acceptors (Lipinski definition) is 12. The van der Waals surface area contributed by atoms with Gasteiger partial charge in [-0.2, -0.15) is 25.3 Å². The van der Waals surface area contributed by atoms with Crippen molar-refractivity contribution in [3.63, 3.8) is 0 Å². The van der Waals surface area contributed by atoms with Crippen molar-refractivity contribution in [3.05, 3.63) is 131 Å². The molecule has 0 aliphatic carbocycles. The van der Waals surface area contributed by atoms with Gasteiger partial charge in [-0.05, 0) is 80.8 Å². The Bertz CT molecular complexity index is 3470. The van der Waals surface area contributed by atoms with Crippen molar-refractivity contribution in [3.8, 4) is 22.3 Å². The van der Waals surface area contributed by atoms with Gasteiger partial charge in [-0.3, -0.25) is 13.7 Å². The van der Waals surface area contributed by atoms with E-state index in [0.717, 1.165) is 55.7 Å². The van der Waals surface area contributed by atoms with Gasteiger partial charge in [0.2, 0.25) is 22.1 Å². The Morgan fingerprint density at radius 2 is 1.17 bits per heavy atom. The van der Waals surface area contributed by atoms with Crippen LogP contribution in [0.4, 0.5) is 11.4 Å². The van der Waals surface area contributed by atoms with E-state index in [0.29, 0.717) is 43.5 Å². The molecule has 2 aromatic heterocycles. The second-order valence-electron chi connectivity index (χ2n) is 16.4. The van der Waals surface area contributed by atoms with Crippen LogP contribution in [0.5, 0.6) is 0 Å². The van der Waals surface area contributed by atoms with Crippen molar-refractivity contribution in [1.82, 2.24) is 8.97 Å². The molecule has 0 amide bonds. The number of benzene rings is 4. The quantitative estimate of drug-likeness (QED) is 0.0261. The molecule has 6 heterocycles. The summed E-state index contributed by atoms with van der Waals surface area (Å²) < 4.78 is 115. The normalized spacial score (nSPS) is 23.7. The molecular formula is C44H40N4O12S6+4. The lowest BCUT2D eigenvalue weighted by Gasteiger charge is -2.47. The Hall–Kier alpha value is -4.50. The maximum absolute atomic E-state index is 12.9. The smallest absolute Gasteiger partial charge is 0.282 e. The fraction of sp³-hybridized carbons (Fsp3) is 0.182. The Morgan fingerprint density at radius 3 is 1.62 bits per heavy atom. The average Bonchev–Trinajstić information content (AvgIpc) is 3.75. The lowest BCUT2D eigenvalue weighted by Crippen LogP contribution is -2.66. The third-order valence-corrected chi connectivity index (χ3v) is 19.4. The summed E-state index contributed by atoms with van der Waals surface area (Å²) in [5.41, 5.74) is 6.09. The highest BCUT2D eigenvalue weighted by molar-refractivity contribution is 8.04. The predicted octanol–water partition coefficient (Wildman–Crippen LogP) is 7.56. The first-order chi connectivity index (χ1) is 31.3. The van der Waals surface area contributed by atoms with E-state index < -0.39 is 41.1 Å². The molecule has 16 nitrogen and oxygen atoms in total. The van der Waals surface area contributed by atoms with Gasteiger partial charge in [-0.15, -0.1) is 4.33 Å². The van der Waals surface area contributed by atoms with Crippen LogP contribution in [0.15, 0.2) is 139 Å². The number of hydrogen-bond donors (Lipinski definition) is 4. The molecule has 66 heavy (non-hydrogen) atoms. The lowest BCUT2D eigenvalue weighted by atomic mass is 9.91. The molecule has 4 aliphatic rings. The second kappa shape index (κ2) is 16.3. The number of aryl methyl sites for hydroxylation is 2. The monoisotopic (exact) mass is 1010 g/mol. The van der Waals surface area contributed by atoms with E-state index in [9.17, 15) is 38.9 Å². The second-order valence-corrected chi connectivity index (χ2v) is 23.9. The van der Waals surface area contributed by atoms with Gasteiger partial charge in [0.1, 0.15) is 14.1 Å². The third-order valence-electron chi connectivity index (χ3n) is 13.0. The fourth-order valence-electron chi connectivity index (χ4n) is 9.64. The molecule has 340 valence electrons. The Morgan fingerprint density at radius 1 is 0.667 bits per heavy atom. The zero-order valence-corrected chi connectivity index (χ0v) is 39.7. The van der Waals surface area contributed by atoms with Crippen molar-refractivity contribution in [2.24, 2.45) is 14.1 Å². The maximum atomic E-state index is 12.9. The van der Waals surface area contributed by atoms with Crippen LogP contribution in [0.1, 0.15) is 24.2 Å². The average molecular weight is 1010 g/mol. The summed E-state index contributed by atoms with van der Waals surface area (Å²) >= 11 is 3.47. The maximum Gasteiger partial charge on any atom is 0.320 e. The summed E-state index contributed by atoms with van der Waals surface area (Å²) in [5, 5.41) is 13.3. The van der Waals surface area contributed by atoms with Crippen molar-refractivity contribution >= 4 is 100 Å². The fourth-order valence-corrected chi connectivity index (χ4v) is 15.7. The Kier molecular flexibility index (Phi) is 11.2.